The van der Waals surface area contributed by atoms with Crippen molar-refractivity contribution in [3.05, 3.63) is 71.8 Å². The molecule has 0 spiro atoms. The zero-order chi connectivity index (χ0) is 20.2. The van der Waals surface area contributed by atoms with E-state index in [2.05, 4.69) is 10.1 Å². The van der Waals surface area contributed by atoms with Crippen LogP contribution >= 0.6 is 0 Å². The molecule has 1 fully saturated rings. The molecule has 0 aliphatic carbocycles. The van der Waals surface area contributed by atoms with Gasteiger partial charge < -0.3 is 4.90 Å². The van der Waals surface area contributed by atoms with Crippen LogP contribution in [0.15, 0.2) is 59.9 Å². The van der Waals surface area contributed by atoms with Gasteiger partial charge in [-0.1, -0.05) is 0 Å². The first-order valence-corrected chi connectivity index (χ1v) is 11.4. The van der Waals surface area contributed by atoms with Crippen LogP contribution in [0.4, 0.5) is 0 Å². The lowest BCUT2D eigenvalue weighted by Gasteiger charge is -2.35. The Morgan fingerprint density at radius 1 is 1.10 bits per heavy atom. The van der Waals surface area contributed by atoms with Gasteiger partial charge in [-0.3, -0.25) is 9.78 Å². The van der Waals surface area contributed by atoms with Crippen LogP contribution in [0.1, 0.15) is 40.5 Å². The molecule has 7 nitrogen and oxygen atoms in total. The summed E-state index contributed by atoms with van der Waals surface area (Å²) >= 11 is 0. The lowest BCUT2D eigenvalue weighted by atomic mass is 9.99. The van der Waals surface area contributed by atoms with Crippen molar-refractivity contribution >= 4 is 15.7 Å². The molecule has 5 rings (SSSR count). The maximum absolute atomic E-state index is 13.1. The monoisotopic (exact) mass is 408 g/mol. The summed E-state index contributed by atoms with van der Waals surface area (Å²) < 4.78 is 25.3. The van der Waals surface area contributed by atoms with Crippen LogP contribution in [0, 0.1) is 0 Å². The van der Waals surface area contributed by atoms with E-state index in [1.165, 1.54) is 6.26 Å². The van der Waals surface area contributed by atoms with E-state index in [9.17, 15) is 13.2 Å². The van der Waals surface area contributed by atoms with Gasteiger partial charge in [0, 0.05) is 36.7 Å². The molecule has 148 valence electrons. The Hall–Kier alpha value is -3.00. The summed E-state index contributed by atoms with van der Waals surface area (Å²) in [6, 6.07) is 10.5. The summed E-state index contributed by atoms with van der Waals surface area (Å²) in [5.41, 5.74) is 3.60. The third kappa shape index (κ3) is 2.95. The van der Waals surface area contributed by atoms with Gasteiger partial charge in [0.05, 0.1) is 34.1 Å². The van der Waals surface area contributed by atoms with Crippen molar-refractivity contribution < 1.29 is 13.2 Å². The molecule has 1 amide bonds. The van der Waals surface area contributed by atoms with Gasteiger partial charge in [0.1, 0.15) is 0 Å². The Labute approximate surface area is 168 Å². The van der Waals surface area contributed by atoms with Crippen LogP contribution < -0.4 is 0 Å². The lowest BCUT2D eigenvalue weighted by molar-refractivity contribution is 0.0644. The minimum Gasteiger partial charge on any atom is -0.328 e. The Kier molecular flexibility index (Phi) is 4.06. The second-order valence-electron chi connectivity index (χ2n) is 7.63. The number of sulfone groups is 1. The third-order valence-corrected chi connectivity index (χ3v) is 6.97. The molecule has 2 unspecified atom stereocenters. The van der Waals surface area contributed by atoms with Crippen LogP contribution in [-0.2, 0) is 16.3 Å². The van der Waals surface area contributed by atoms with Gasteiger partial charge >= 0.3 is 0 Å². The fourth-order valence-electron chi connectivity index (χ4n) is 4.48. The quantitative estimate of drug-likeness (QED) is 0.665. The molecule has 3 aromatic rings. The Balaban J connectivity index is 1.49. The Morgan fingerprint density at radius 2 is 1.90 bits per heavy atom. The maximum atomic E-state index is 13.1. The second-order valence-corrected chi connectivity index (χ2v) is 9.65. The van der Waals surface area contributed by atoms with E-state index in [0.717, 1.165) is 36.2 Å². The average Bonchev–Trinajstić information content (AvgIpc) is 3.28. The van der Waals surface area contributed by atoms with E-state index in [4.69, 9.17) is 0 Å². The van der Waals surface area contributed by atoms with E-state index in [1.807, 2.05) is 15.8 Å². The van der Waals surface area contributed by atoms with Crippen molar-refractivity contribution in [3.63, 3.8) is 0 Å². The molecule has 2 aliphatic rings. The standard InChI is InChI=1S/C21H20N4O3S/c1-29(27,28)17-7-4-15(5-8-17)25-20-11-16-6-9-19(18(20)13-23-25)24(16)21(26)14-3-2-10-22-12-14/h2-5,7-8,10,12-13,16,19H,6,9,11H2,1H3. The van der Waals surface area contributed by atoms with Gasteiger partial charge in [0.2, 0.25) is 0 Å². The Morgan fingerprint density at radius 3 is 2.59 bits per heavy atom. The highest BCUT2D eigenvalue weighted by molar-refractivity contribution is 7.90. The van der Waals surface area contributed by atoms with E-state index in [-0.39, 0.29) is 22.9 Å². The largest absolute Gasteiger partial charge is 0.328 e. The average molecular weight is 408 g/mol. The van der Waals surface area contributed by atoms with Crippen LogP contribution in [0.5, 0.6) is 0 Å². The Bertz CT molecular complexity index is 1190. The fourth-order valence-corrected chi connectivity index (χ4v) is 5.11. The summed E-state index contributed by atoms with van der Waals surface area (Å²) in [4.78, 5) is 19.4. The predicted octanol–water partition coefficient (Wildman–Crippen LogP) is 2.57. The van der Waals surface area contributed by atoms with Gasteiger partial charge in [0.15, 0.2) is 9.84 Å². The minimum absolute atomic E-state index is 0.0144. The number of fused-ring (bicyclic) bond motifs is 4. The van der Waals surface area contributed by atoms with Crippen molar-refractivity contribution in [2.24, 2.45) is 0 Å². The van der Waals surface area contributed by atoms with Crippen LogP contribution in [-0.4, -0.2) is 46.3 Å². The highest BCUT2D eigenvalue weighted by Gasteiger charge is 2.44. The van der Waals surface area contributed by atoms with E-state index < -0.39 is 9.84 Å². The smallest absolute Gasteiger partial charge is 0.256 e. The minimum atomic E-state index is -3.24. The lowest BCUT2D eigenvalue weighted by Crippen LogP contribution is -2.42. The molecule has 0 N–H and O–H groups in total. The van der Waals surface area contributed by atoms with E-state index in [0.29, 0.717) is 5.56 Å². The first-order chi connectivity index (χ1) is 13.9. The first kappa shape index (κ1) is 18.1. The summed E-state index contributed by atoms with van der Waals surface area (Å²) in [5.74, 6) is 0.0153. The molecule has 2 atom stereocenters. The molecular weight excluding hydrogens is 388 g/mol. The number of carbonyl (C=O) groups is 1. The van der Waals surface area contributed by atoms with Gasteiger partial charge in [0.25, 0.3) is 5.91 Å². The molecule has 0 saturated carbocycles. The van der Waals surface area contributed by atoms with E-state index in [1.54, 1.807) is 48.8 Å². The number of amides is 1. The molecule has 8 heteroatoms. The molecule has 0 radical (unpaired) electrons. The highest BCUT2D eigenvalue weighted by Crippen LogP contribution is 2.44. The van der Waals surface area contributed by atoms with Crippen LogP contribution in [0.3, 0.4) is 0 Å². The van der Waals surface area contributed by atoms with Crippen molar-refractivity contribution in [3.8, 4) is 5.69 Å². The fraction of sp³-hybridized carbons (Fsp3) is 0.286. The highest BCUT2D eigenvalue weighted by atomic mass is 32.2. The molecule has 1 aromatic carbocycles. The van der Waals surface area contributed by atoms with Gasteiger partial charge in [-0.25, -0.2) is 13.1 Å². The van der Waals surface area contributed by atoms with E-state index >= 15 is 0 Å². The van der Waals surface area contributed by atoms with Gasteiger partial charge in [-0.05, 0) is 49.2 Å². The first-order valence-electron chi connectivity index (χ1n) is 9.53. The SMILES string of the molecule is CS(=O)(=O)c1ccc(-n2ncc3c2CC2CCC3N2C(=O)c2cccnc2)cc1. The summed E-state index contributed by atoms with van der Waals surface area (Å²) in [7, 11) is -3.24. The number of benzene rings is 1. The van der Waals surface area contributed by atoms with Crippen molar-refractivity contribution in [1.82, 2.24) is 19.7 Å². The normalized spacial score (nSPS) is 20.5. The van der Waals surface area contributed by atoms with Crippen LogP contribution in [0.25, 0.3) is 5.69 Å². The summed E-state index contributed by atoms with van der Waals surface area (Å²) in [6.07, 6.45) is 8.92. The topological polar surface area (TPSA) is 85.2 Å². The van der Waals surface area contributed by atoms with Gasteiger partial charge in [-0.15, -0.1) is 0 Å². The molecule has 1 saturated heterocycles. The molecular formula is C21H20N4O3S. The number of nitrogens with zero attached hydrogens (tertiary/aromatic N) is 4. The number of rotatable bonds is 3. The number of carbonyl (C=O) groups excluding carboxylic acids is 1. The molecule has 2 bridgehead atoms. The molecule has 2 aromatic heterocycles. The maximum Gasteiger partial charge on any atom is 0.256 e. The zero-order valence-corrected chi connectivity index (χ0v) is 16.7. The molecule has 4 heterocycles. The number of hydrogen-bond acceptors (Lipinski definition) is 5. The van der Waals surface area contributed by atoms with Gasteiger partial charge in [-0.2, -0.15) is 5.10 Å². The van der Waals surface area contributed by atoms with Crippen LogP contribution in [0.2, 0.25) is 0 Å². The predicted molar refractivity (Wildman–Crippen MR) is 107 cm³/mol. The zero-order valence-electron chi connectivity index (χ0n) is 15.9. The molecule has 29 heavy (non-hydrogen) atoms. The number of pyridine rings is 1. The third-order valence-electron chi connectivity index (χ3n) is 5.84. The van der Waals surface area contributed by atoms with Crippen molar-refractivity contribution in [2.45, 2.75) is 36.2 Å². The van der Waals surface area contributed by atoms with Crippen molar-refractivity contribution in [2.75, 3.05) is 6.26 Å². The second kappa shape index (κ2) is 6.52. The summed E-state index contributed by atoms with van der Waals surface area (Å²) in [5, 5.41) is 4.56. The van der Waals surface area contributed by atoms with Crippen molar-refractivity contribution in [1.29, 1.82) is 0 Å². The number of hydrogen-bond donors (Lipinski definition) is 0. The summed E-state index contributed by atoms with van der Waals surface area (Å²) in [6.45, 7) is 0. The number of aromatic nitrogens is 3. The molecule has 2 aliphatic heterocycles.